The second-order valence-corrected chi connectivity index (χ2v) is 8.67. The molecule has 0 bridgehead atoms. The van der Waals surface area contributed by atoms with E-state index in [0.717, 1.165) is 27.9 Å². The van der Waals surface area contributed by atoms with Crippen molar-refractivity contribution in [3.8, 4) is 16.9 Å². The number of methoxy groups -OCH3 is 1. The fourth-order valence-electron chi connectivity index (χ4n) is 4.70. The van der Waals surface area contributed by atoms with Gasteiger partial charge in [0.1, 0.15) is 5.75 Å². The minimum atomic E-state index is -1.01. The van der Waals surface area contributed by atoms with Crippen molar-refractivity contribution in [3.05, 3.63) is 95.3 Å². The maximum Gasteiger partial charge on any atom is 0.305 e. The van der Waals surface area contributed by atoms with Crippen LogP contribution in [0.2, 0.25) is 0 Å². The lowest BCUT2D eigenvalue weighted by atomic mass is 9.94. The van der Waals surface area contributed by atoms with Gasteiger partial charge in [-0.3, -0.25) is 14.4 Å². The Morgan fingerprint density at radius 3 is 2.38 bits per heavy atom. The zero-order valence-corrected chi connectivity index (χ0v) is 21.0. The molecule has 4 aromatic rings. The maximum atomic E-state index is 13.1. The van der Waals surface area contributed by atoms with E-state index in [-0.39, 0.29) is 24.6 Å². The van der Waals surface area contributed by atoms with E-state index in [4.69, 9.17) is 10.5 Å². The summed E-state index contributed by atoms with van der Waals surface area (Å²) in [4.78, 5) is 36.6. The first kappa shape index (κ1) is 25.7. The van der Waals surface area contributed by atoms with Crippen LogP contribution in [0, 0.1) is 0 Å². The van der Waals surface area contributed by atoms with Crippen LogP contribution in [0.4, 0.5) is 0 Å². The van der Waals surface area contributed by atoms with E-state index in [9.17, 15) is 14.4 Å². The predicted octanol–water partition coefficient (Wildman–Crippen LogP) is 4.76. The number of hydrogen-bond donors (Lipinski definition) is 1. The highest BCUT2D eigenvalue weighted by Gasteiger charge is 2.28. The molecule has 2 aromatic heterocycles. The standard InChI is InChI=1S/C30H30N2O5/c1-3-22-24(19-21-13-7-8-14-23(21)20-11-5-4-6-12-20)32-17-9-15-25(37-18-10-16-26(33)36-2)28(32)27(22)29(34)30(31)35/h4-9,11-15,17H,3,10,16,18-19H2,1-2H3,(H2,31,35). The molecule has 2 N–H and O–H groups in total. The Morgan fingerprint density at radius 1 is 0.946 bits per heavy atom. The number of ketones is 1. The van der Waals surface area contributed by atoms with E-state index in [1.54, 1.807) is 6.07 Å². The number of esters is 1. The molecular weight excluding hydrogens is 468 g/mol. The summed E-state index contributed by atoms with van der Waals surface area (Å²) in [5.41, 5.74) is 11.2. The van der Waals surface area contributed by atoms with Gasteiger partial charge < -0.3 is 19.6 Å². The van der Waals surface area contributed by atoms with Gasteiger partial charge in [-0.15, -0.1) is 0 Å². The molecule has 0 aliphatic rings. The first-order valence-corrected chi connectivity index (χ1v) is 12.3. The van der Waals surface area contributed by atoms with Gasteiger partial charge in [-0.1, -0.05) is 61.5 Å². The van der Waals surface area contributed by atoms with E-state index in [1.807, 2.05) is 53.9 Å². The number of ether oxygens (including phenoxy) is 2. The van der Waals surface area contributed by atoms with Crippen molar-refractivity contribution in [1.82, 2.24) is 4.40 Å². The normalized spacial score (nSPS) is 10.9. The maximum absolute atomic E-state index is 13.1. The third-order valence-corrected chi connectivity index (χ3v) is 6.41. The van der Waals surface area contributed by atoms with Crippen molar-refractivity contribution < 1.29 is 23.9 Å². The van der Waals surface area contributed by atoms with Gasteiger partial charge in [0.05, 0.1) is 24.8 Å². The number of amides is 1. The number of nitrogens with zero attached hydrogens (tertiary/aromatic N) is 1. The minimum absolute atomic E-state index is 0.218. The van der Waals surface area contributed by atoms with Gasteiger partial charge in [0.15, 0.2) is 0 Å². The van der Waals surface area contributed by atoms with Crippen molar-refractivity contribution in [3.63, 3.8) is 0 Å². The van der Waals surface area contributed by atoms with Crippen molar-refractivity contribution >= 4 is 23.2 Å². The first-order valence-electron chi connectivity index (χ1n) is 12.3. The van der Waals surface area contributed by atoms with Crippen LogP contribution in [0.1, 0.15) is 46.9 Å². The molecule has 7 heteroatoms. The molecule has 0 fully saturated rings. The molecule has 0 saturated heterocycles. The molecule has 0 spiro atoms. The fraction of sp³-hybridized carbons (Fsp3) is 0.233. The molecule has 0 saturated carbocycles. The number of fused-ring (bicyclic) bond motifs is 1. The van der Waals surface area contributed by atoms with Crippen LogP contribution in [0.5, 0.6) is 5.75 Å². The average molecular weight is 499 g/mol. The zero-order valence-electron chi connectivity index (χ0n) is 21.0. The summed E-state index contributed by atoms with van der Waals surface area (Å²) in [5, 5.41) is 0. The fourth-order valence-corrected chi connectivity index (χ4v) is 4.70. The van der Waals surface area contributed by atoms with E-state index in [2.05, 4.69) is 29.0 Å². The number of primary amides is 1. The van der Waals surface area contributed by atoms with Crippen molar-refractivity contribution in [1.29, 1.82) is 0 Å². The quantitative estimate of drug-likeness (QED) is 0.139. The lowest BCUT2D eigenvalue weighted by molar-refractivity contribution is -0.140. The molecule has 1 amide bonds. The number of carbonyl (C=O) groups is 3. The molecule has 7 nitrogen and oxygen atoms in total. The molecule has 2 heterocycles. The third kappa shape index (κ3) is 5.40. The zero-order chi connectivity index (χ0) is 26.4. The Bertz CT molecular complexity index is 1440. The Hall–Kier alpha value is -4.39. The second-order valence-electron chi connectivity index (χ2n) is 8.67. The summed E-state index contributed by atoms with van der Waals surface area (Å²) < 4.78 is 12.6. The molecule has 0 atom stereocenters. The lowest BCUT2D eigenvalue weighted by Gasteiger charge is -2.12. The molecule has 4 rings (SSSR count). The van der Waals surface area contributed by atoms with Crippen LogP contribution in [0.3, 0.4) is 0 Å². The molecule has 37 heavy (non-hydrogen) atoms. The summed E-state index contributed by atoms with van der Waals surface area (Å²) in [6, 6.07) is 21.9. The van der Waals surface area contributed by atoms with E-state index in [1.165, 1.54) is 7.11 Å². The SMILES string of the molecule is CCc1c(C(=O)C(N)=O)c2c(OCCCC(=O)OC)cccn2c1Cc1ccccc1-c1ccccc1. The lowest BCUT2D eigenvalue weighted by Crippen LogP contribution is -2.24. The molecule has 190 valence electrons. The van der Waals surface area contributed by atoms with Gasteiger partial charge in [0.25, 0.3) is 11.7 Å². The number of pyridine rings is 1. The number of rotatable bonds is 11. The largest absolute Gasteiger partial charge is 0.491 e. The molecule has 2 aromatic carbocycles. The van der Waals surface area contributed by atoms with Crippen LogP contribution < -0.4 is 10.5 Å². The van der Waals surface area contributed by atoms with Gasteiger partial charge in [-0.25, -0.2) is 0 Å². The number of benzene rings is 2. The Labute approximate surface area is 215 Å². The van der Waals surface area contributed by atoms with Gasteiger partial charge >= 0.3 is 5.97 Å². The highest BCUT2D eigenvalue weighted by atomic mass is 16.5. The minimum Gasteiger partial charge on any atom is -0.491 e. The monoisotopic (exact) mass is 498 g/mol. The number of aromatic nitrogens is 1. The molecule has 0 radical (unpaired) electrons. The highest BCUT2D eigenvalue weighted by molar-refractivity contribution is 6.44. The first-order chi connectivity index (χ1) is 18.0. The Kier molecular flexibility index (Phi) is 8.03. The Morgan fingerprint density at radius 2 is 1.68 bits per heavy atom. The summed E-state index contributed by atoms with van der Waals surface area (Å²) >= 11 is 0. The number of hydrogen-bond acceptors (Lipinski definition) is 5. The van der Waals surface area contributed by atoms with Crippen LogP contribution in [-0.4, -0.2) is 35.8 Å². The van der Waals surface area contributed by atoms with Crippen molar-refractivity contribution in [2.75, 3.05) is 13.7 Å². The van der Waals surface area contributed by atoms with Crippen LogP contribution in [-0.2, 0) is 27.2 Å². The number of Topliss-reactive ketones (excluding diaryl/α,β-unsaturated/α-hetero) is 1. The Balaban J connectivity index is 1.83. The van der Waals surface area contributed by atoms with E-state index in [0.29, 0.717) is 30.5 Å². The second kappa shape index (κ2) is 11.6. The predicted molar refractivity (Wildman–Crippen MR) is 142 cm³/mol. The van der Waals surface area contributed by atoms with Gasteiger partial charge in [-0.2, -0.15) is 0 Å². The van der Waals surface area contributed by atoms with Gasteiger partial charge in [-0.05, 0) is 47.2 Å². The van der Waals surface area contributed by atoms with Gasteiger partial charge in [0, 0.05) is 24.7 Å². The van der Waals surface area contributed by atoms with E-state index >= 15 is 0 Å². The molecule has 0 aliphatic heterocycles. The number of nitrogens with two attached hydrogens (primary N) is 1. The average Bonchev–Trinajstić information content (AvgIpc) is 3.24. The van der Waals surface area contributed by atoms with Gasteiger partial charge in [0.2, 0.25) is 0 Å². The van der Waals surface area contributed by atoms with E-state index < -0.39 is 11.7 Å². The van der Waals surface area contributed by atoms with Crippen LogP contribution in [0.15, 0.2) is 72.9 Å². The van der Waals surface area contributed by atoms with Crippen LogP contribution >= 0.6 is 0 Å². The summed E-state index contributed by atoms with van der Waals surface area (Å²) in [5.74, 6) is -1.63. The summed E-state index contributed by atoms with van der Waals surface area (Å²) in [7, 11) is 1.34. The molecule has 0 aliphatic carbocycles. The topological polar surface area (TPSA) is 100 Å². The van der Waals surface area contributed by atoms with Crippen molar-refractivity contribution in [2.24, 2.45) is 5.73 Å². The smallest absolute Gasteiger partial charge is 0.305 e. The summed E-state index contributed by atoms with van der Waals surface area (Å²) in [6.45, 7) is 2.20. The van der Waals surface area contributed by atoms with Crippen LogP contribution in [0.25, 0.3) is 16.6 Å². The molecular formula is C30H30N2O5. The highest BCUT2D eigenvalue weighted by Crippen LogP contribution is 2.35. The molecule has 0 unspecified atom stereocenters. The number of carbonyl (C=O) groups excluding carboxylic acids is 3. The van der Waals surface area contributed by atoms with Crippen molar-refractivity contribution in [2.45, 2.75) is 32.6 Å². The third-order valence-electron chi connectivity index (χ3n) is 6.41. The summed E-state index contributed by atoms with van der Waals surface area (Å²) in [6.07, 6.45) is 3.60.